The van der Waals surface area contributed by atoms with Crippen LogP contribution < -0.4 is 0 Å². The molecule has 2 aliphatic rings. The summed E-state index contributed by atoms with van der Waals surface area (Å²) in [5.74, 6) is 0.135. The molecule has 1 aliphatic carbocycles. The van der Waals surface area contributed by atoms with Crippen molar-refractivity contribution in [2.75, 3.05) is 6.61 Å². The van der Waals surface area contributed by atoms with Gasteiger partial charge in [0.15, 0.2) is 0 Å². The van der Waals surface area contributed by atoms with Crippen molar-refractivity contribution in [3.8, 4) is 0 Å². The van der Waals surface area contributed by atoms with Gasteiger partial charge in [-0.1, -0.05) is 31.5 Å². The second kappa shape index (κ2) is 4.88. The molecule has 2 atom stereocenters. The summed E-state index contributed by atoms with van der Waals surface area (Å²) in [6.07, 6.45) is 6.68. The molecule has 4 heteroatoms. The molecule has 0 aromatic carbocycles. The van der Waals surface area contributed by atoms with E-state index in [0.29, 0.717) is 11.8 Å². The van der Waals surface area contributed by atoms with Gasteiger partial charge < -0.3 is 4.74 Å². The van der Waals surface area contributed by atoms with Gasteiger partial charge >= 0.3 is 5.97 Å². The van der Waals surface area contributed by atoms with Gasteiger partial charge in [-0.3, -0.25) is 4.79 Å². The Balaban J connectivity index is 2.10. The maximum Gasteiger partial charge on any atom is 0.309 e. The van der Waals surface area contributed by atoms with E-state index in [0.717, 1.165) is 12.0 Å². The number of rotatable bonds is 3. The fourth-order valence-electron chi connectivity index (χ4n) is 2.26. The summed E-state index contributed by atoms with van der Waals surface area (Å²) in [6, 6.07) is 0. The molecule has 0 N–H and O–H groups in total. The number of ether oxygens (including phenoxy) is 1. The summed E-state index contributed by atoms with van der Waals surface area (Å²) in [7, 11) is 0. The molecule has 2 unspecified atom stereocenters. The minimum Gasteiger partial charge on any atom is -0.466 e. The van der Waals surface area contributed by atoms with Crippen LogP contribution in [0.25, 0.3) is 0 Å². The van der Waals surface area contributed by atoms with Crippen molar-refractivity contribution in [3.05, 3.63) is 22.9 Å². The molecule has 1 saturated carbocycles. The average molecular weight is 268 g/mol. The largest absolute Gasteiger partial charge is 0.466 e. The van der Waals surface area contributed by atoms with Crippen LogP contribution in [0.3, 0.4) is 0 Å². The first-order valence-electron chi connectivity index (χ1n) is 6.25. The van der Waals surface area contributed by atoms with Crippen molar-refractivity contribution in [3.63, 3.8) is 0 Å². The Bertz CT molecular complexity index is 449. The Morgan fingerprint density at radius 3 is 2.94 bits per heavy atom. The fourth-order valence-corrected chi connectivity index (χ4v) is 2.59. The molecule has 0 aromatic rings. The van der Waals surface area contributed by atoms with Crippen LogP contribution in [0.1, 0.15) is 27.2 Å². The third-order valence-corrected chi connectivity index (χ3v) is 3.38. The van der Waals surface area contributed by atoms with Gasteiger partial charge in [-0.15, -0.1) is 0 Å². The molecular formula is C14H18ClNO2. The van der Waals surface area contributed by atoms with Crippen molar-refractivity contribution >= 4 is 23.8 Å². The monoisotopic (exact) mass is 267 g/mol. The van der Waals surface area contributed by atoms with Crippen molar-refractivity contribution in [2.24, 2.45) is 22.2 Å². The van der Waals surface area contributed by atoms with Gasteiger partial charge in [0.2, 0.25) is 0 Å². The number of nitrogens with zero attached hydrogens (tertiary/aromatic N) is 1. The lowest BCUT2D eigenvalue weighted by Gasteiger charge is -2.15. The highest BCUT2D eigenvalue weighted by atomic mass is 35.5. The van der Waals surface area contributed by atoms with Gasteiger partial charge in [0.05, 0.1) is 12.5 Å². The van der Waals surface area contributed by atoms with Crippen molar-refractivity contribution in [1.29, 1.82) is 0 Å². The standard InChI is InChI=1S/C14H18ClNO2/c1-4-18-13(17)11-5-10(11)9-6-14(2,3)7-12(15)16-8-9/h6-8,10-11H,4-5H2,1-3H3. The highest BCUT2D eigenvalue weighted by Gasteiger charge is 2.46. The first-order valence-corrected chi connectivity index (χ1v) is 6.62. The van der Waals surface area contributed by atoms with Gasteiger partial charge in [-0.05, 0) is 30.9 Å². The molecule has 1 aliphatic heterocycles. The molecule has 0 spiro atoms. The predicted molar refractivity (Wildman–Crippen MR) is 72.5 cm³/mol. The van der Waals surface area contributed by atoms with E-state index in [1.165, 1.54) is 0 Å². The minimum atomic E-state index is -0.134. The summed E-state index contributed by atoms with van der Waals surface area (Å²) in [6.45, 7) is 6.42. The first kappa shape index (κ1) is 13.3. The summed E-state index contributed by atoms with van der Waals surface area (Å²) < 4.78 is 5.04. The topological polar surface area (TPSA) is 38.7 Å². The zero-order valence-electron chi connectivity index (χ0n) is 10.9. The van der Waals surface area contributed by atoms with Crippen LogP contribution in [0.5, 0.6) is 0 Å². The van der Waals surface area contributed by atoms with E-state index in [2.05, 4.69) is 24.9 Å². The number of halogens is 1. The summed E-state index contributed by atoms with van der Waals surface area (Å²) >= 11 is 5.98. The van der Waals surface area contributed by atoms with Gasteiger partial charge in [0, 0.05) is 11.6 Å². The van der Waals surface area contributed by atoms with Crippen molar-refractivity contribution < 1.29 is 9.53 Å². The molecule has 18 heavy (non-hydrogen) atoms. The molecule has 1 heterocycles. The second-order valence-electron chi connectivity index (χ2n) is 5.39. The zero-order chi connectivity index (χ0) is 13.3. The molecule has 3 nitrogen and oxygen atoms in total. The fraction of sp³-hybridized carbons (Fsp3) is 0.571. The lowest BCUT2D eigenvalue weighted by molar-refractivity contribution is -0.144. The van der Waals surface area contributed by atoms with Crippen LogP contribution in [-0.2, 0) is 9.53 Å². The smallest absolute Gasteiger partial charge is 0.309 e. The van der Waals surface area contributed by atoms with Crippen LogP contribution in [0.2, 0.25) is 0 Å². The van der Waals surface area contributed by atoms with Crippen LogP contribution in [0.4, 0.5) is 0 Å². The van der Waals surface area contributed by atoms with Crippen LogP contribution in [0, 0.1) is 17.3 Å². The average Bonchev–Trinajstić information content (AvgIpc) is 3.03. The van der Waals surface area contributed by atoms with E-state index < -0.39 is 0 Å². The van der Waals surface area contributed by atoms with Crippen LogP contribution in [0.15, 0.2) is 27.9 Å². The predicted octanol–water partition coefficient (Wildman–Crippen LogP) is 3.30. The maximum absolute atomic E-state index is 11.6. The molecule has 98 valence electrons. The Morgan fingerprint density at radius 1 is 1.56 bits per heavy atom. The minimum absolute atomic E-state index is 0.00433. The van der Waals surface area contributed by atoms with E-state index in [4.69, 9.17) is 16.3 Å². The number of carbonyl (C=O) groups excluding carboxylic acids is 1. The normalized spacial score (nSPS) is 29.1. The van der Waals surface area contributed by atoms with Crippen molar-refractivity contribution in [2.45, 2.75) is 27.2 Å². The summed E-state index contributed by atoms with van der Waals surface area (Å²) in [4.78, 5) is 15.8. The Kier molecular flexibility index (Phi) is 3.62. The Labute approximate surface area is 113 Å². The second-order valence-corrected chi connectivity index (χ2v) is 5.78. The van der Waals surface area contributed by atoms with E-state index >= 15 is 0 Å². The molecule has 0 saturated heterocycles. The maximum atomic E-state index is 11.6. The lowest BCUT2D eigenvalue weighted by Crippen LogP contribution is -2.10. The highest BCUT2D eigenvalue weighted by Crippen LogP contribution is 2.46. The third-order valence-electron chi connectivity index (χ3n) is 3.17. The van der Waals surface area contributed by atoms with Gasteiger partial charge in [-0.25, -0.2) is 4.99 Å². The molecular weight excluding hydrogens is 250 g/mol. The number of aliphatic imine (C=N–C) groups is 1. The number of allylic oxidation sites excluding steroid dienone is 3. The number of hydrogen-bond donors (Lipinski definition) is 0. The summed E-state index contributed by atoms with van der Waals surface area (Å²) in [5, 5.41) is 0.500. The number of carbonyl (C=O) groups is 1. The van der Waals surface area contributed by atoms with E-state index in [9.17, 15) is 4.79 Å². The molecule has 1 fully saturated rings. The van der Waals surface area contributed by atoms with E-state index in [-0.39, 0.29) is 23.2 Å². The highest BCUT2D eigenvalue weighted by molar-refractivity contribution is 6.30. The molecule has 2 rings (SSSR count). The first-order chi connectivity index (χ1) is 8.43. The van der Waals surface area contributed by atoms with Crippen molar-refractivity contribution in [1.82, 2.24) is 0 Å². The van der Waals surface area contributed by atoms with Gasteiger partial charge in [-0.2, -0.15) is 0 Å². The molecule has 0 amide bonds. The van der Waals surface area contributed by atoms with Crippen LogP contribution >= 0.6 is 11.6 Å². The van der Waals surface area contributed by atoms with E-state index in [1.807, 2.05) is 13.0 Å². The zero-order valence-corrected chi connectivity index (χ0v) is 11.7. The van der Waals surface area contributed by atoms with Gasteiger partial charge in [0.25, 0.3) is 0 Å². The number of esters is 1. The van der Waals surface area contributed by atoms with Crippen LogP contribution in [-0.4, -0.2) is 18.8 Å². The quantitative estimate of drug-likeness (QED) is 0.581. The SMILES string of the molecule is CCOC(=O)C1CC1C1=CC(C)(C)C=C(Cl)N=C1. The molecule has 0 radical (unpaired) electrons. The van der Waals surface area contributed by atoms with Gasteiger partial charge in [0.1, 0.15) is 5.16 Å². The third kappa shape index (κ3) is 3.02. The Hall–Kier alpha value is -1.09. The molecule has 0 aromatic heterocycles. The molecule has 0 bridgehead atoms. The summed E-state index contributed by atoms with van der Waals surface area (Å²) in [5.41, 5.74) is 0.954. The van der Waals surface area contributed by atoms with E-state index in [1.54, 1.807) is 6.21 Å². The lowest BCUT2D eigenvalue weighted by atomic mass is 9.90. The Morgan fingerprint density at radius 2 is 2.28 bits per heavy atom. The number of hydrogen-bond acceptors (Lipinski definition) is 3.